The predicted octanol–water partition coefficient (Wildman–Crippen LogP) is 2.41. The molecular weight excluding hydrogens is 188 g/mol. The van der Waals surface area contributed by atoms with Crippen LogP contribution in [0.4, 0.5) is 0 Å². The first-order chi connectivity index (χ1) is 7.38. The highest BCUT2D eigenvalue weighted by Gasteiger charge is 2.23. The standard InChI is InChI=1S/C12H12N2O/c15-8-9-4-5-11-6-13-12(14(11)7-9)10-2-1-3-10/h4-8,10H,1-3H2. The van der Waals surface area contributed by atoms with Gasteiger partial charge >= 0.3 is 0 Å². The van der Waals surface area contributed by atoms with E-state index in [-0.39, 0.29) is 0 Å². The van der Waals surface area contributed by atoms with Gasteiger partial charge in [0.1, 0.15) is 5.82 Å². The number of pyridine rings is 1. The number of aromatic nitrogens is 2. The predicted molar refractivity (Wildman–Crippen MR) is 57.2 cm³/mol. The van der Waals surface area contributed by atoms with E-state index in [0.717, 1.165) is 17.6 Å². The molecule has 76 valence electrons. The van der Waals surface area contributed by atoms with Crippen LogP contribution in [0.3, 0.4) is 0 Å². The third-order valence-electron chi connectivity index (χ3n) is 3.19. The van der Waals surface area contributed by atoms with Crippen molar-refractivity contribution < 1.29 is 4.79 Å². The van der Waals surface area contributed by atoms with Crippen molar-refractivity contribution in [3.05, 3.63) is 35.9 Å². The number of hydrogen-bond acceptors (Lipinski definition) is 2. The van der Waals surface area contributed by atoms with E-state index in [4.69, 9.17) is 0 Å². The lowest BCUT2D eigenvalue weighted by molar-refractivity contribution is 0.112. The molecule has 1 saturated carbocycles. The summed E-state index contributed by atoms with van der Waals surface area (Å²) in [5.74, 6) is 1.70. The summed E-state index contributed by atoms with van der Waals surface area (Å²) < 4.78 is 2.05. The second-order valence-corrected chi connectivity index (χ2v) is 4.12. The second kappa shape index (κ2) is 3.19. The highest BCUT2D eigenvalue weighted by Crippen LogP contribution is 2.35. The van der Waals surface area contributed by atoms with Crippen molar-refractivity contribution in [2.75, 3.05) is 0 Å². The van der Waals surface area contributed by atoms with Crippen molar-refractivity contribution in [2.24, 2.45) is 0 Å². The highest BCUT2D eigenvalue weighted by molar-refractivity contribution is 5.75. The van der Waals surface area contributed by atoms with Crippen molar-refractivity contribution in [3.8, 4) is 0 Å². The Kier molecular flexibility index (Phi) is 1.84. The van der Waals surface area contributed by atoms with Crippen LogP contribution in [0.5, 0.6) is 0 Å². The van der Waals surface area contributed by atoms with Gasteiger partial charge in [0.2, 0.25) is 0 Å². The molecule has 0 aliphatic heterocycles. The lowest BCUT2D eigenvalue weighted by Crippen LogP contribution is -2.12. The molecule has 0 saturated heterocycles. The van der Waals surface area contributed by atoms with Gasteiger partial charge in [-0.2, -0.15) is 0 Å². The van der Waals surface area contributed by atoms with Gasteiger partial charge in [-0.05, 0) is 25.0 Å². The molecule has 2 aromatic heterocycles. The van der Waals surface area contributed by atoms with Crippen LogP contribution in [0.2, 0.25) is 0 Å². The molecule has 1 aliphatic carbocycles. The smallest absolute Gasteiger partial charge is 0.151 e. The van der Waals surface area contributed by atoms with Gasteiger partial charge in [-0.15, -0.1) is 0 Å². The maximum absolute atomic E-state index is 10.7. The average Bonchev–Trinajstić information content (AvgIpc) is 2.59. The molecule has 3 nitrogen and oxygen atoms in total. The Bertz CT molecular complexity index is 511. The van der Waals surface area contributed by atoms with Crippen LogP contribution in [-0.2, 0) is 0 Å². The molecule has 3 rings (SSSR count). The Morgan fingerprint density at radius 3 is 2.93 bits per heavy atom. The number of aldehydes is 1. The average molecular weight is 200 g/mol. The quantitative estimate of drug-likeness (QED) is 0.698. The molecule has 2 heterocycles. The Labute approximate surface area is 87.7 Å². The number of fused-ring (bicyclic) bond motifs is 1. The van der Waals surface area contributed by atoms with E-state index in [1.54, 1.807) is 0 Å². The van der Waals surface area contributed by atoms with Gasteiger partial charge in [0.25, 0.3) is 0 Å². The maximum Gasteiger partial charge on any atom is 0.151 e. The molecule has 0 N–H and O–H groups in total. The van der Waals surface area contributed by atoms with Crippen LogP contribution >= 0.6 is 0 Å². The zero-order valence-electron chi connectivity index (χ0n) is 8.39. The Morgan fingerprint density at radius 2 is 2.27 bits per heavy atom. The monoisotopic (exact) mass is 200 g/mol. The van der Waals surface area contributed by atoms with Crippen LogP contribution < -0.4 is 0 Å². The molecular formula is C12H12N2O. The maximum atomic E-state index is 10.7. The molecule has 0 amide bonds. The number of nitrogens with zero attached hydrogens (tertiary/aromatic N) is 2. The number of carbonyl (C=O) groups excluding carboxylic acids is 1. The lowest BCUT2D eigenvalue weighted by atomic mass is 9.85. The summed E-state index contributed by atoms with van der Waals surface area (Å²) in [6, 6.07) is 3.77. The zero-order valence-corrected chi connectivity index (χ0v) is 8.39. The van der Waals surface area contributed by atoms with Crippen LogP contribution in [-0.4, -0.2) is 15.7 Å². The van der Waals surface area contributed by atoms with Crippen molar-refractivity contribution >= 4 is 11.8 Å². The van der Waals surface area contributed by atoms with Gasteiger partial charge in [0.05, 0.1) is 11.7 Å². The van der Waals surface area contributed by atoms with Crippen LogP contribution in [0.15, 0.2) is 24.5 Å². The molecule has 15 heavy (non-hydrogen) atoms. The normalized spacial score (nSPS) is 16.5. The largest absolute Gasteiger partial charge is 0.303 e. The summed E-state index contributed by atoms with van der Waals surface area (Å²) in [5.41, 5.74) is 1.78. The van der Waals surface area contributed by atoms with E-state index in [1.165, 1.54) is 19.3 Å². The zero-order chi connectivity index (χ0) is 10.3. The molecule has 0 radical (unpaired) electrons. The third-order valence-corrected chi connectivity index (χ3v) is 3.19. The first-order valence-corrected chi connectivity index (χ1v) is 5.30. The van der Waals surface area contributed by atoms with E-state index in [9.17, 15) is 4.79 Å². The fourth-order valence-electron chi connectivity index (χ4n) is 2.06. The third kappa shape index (κ3) is 1.27. The Morgan fingerprint density at radius 1 is 1.40 bits per heavy atom. The van der Waals surface area contributed by atoms with E-state index in [0.29, 0.717) is 11.5 Å². The first kappa shape index (κ1) is 8.65. The van der Waals surface area contributed by atoms with Crippen molar-refractivity contribution in [2.45, 2.75) is 25.2 Å². The summed E-state index contributed by atoms with van der Waals surface area (Å²) >= 11 is 0. The molecule has 0 unspecified atom stereocenters. The number of carbonyl (C=O) groups is 1. The van der Waals surface area contributed by atoms with Crippen molar-refractivity contribution in [1.82, 2.24) is 9.38 Å². The molecule has 0 spiro atoms. The second-order valence-electron chi connectivity index (χ2n) is 4.12. The number of hydrogen-bond donors (Lipinski definition) is 0. The van der Waals surface area contributed by atoms with Gasteiger partial charge in [-0.25, -0.2) is 4.98 Å². The molecule has 0 aromatic carbocycles. The Hall–Kier alpha value is -1.64. The summed E-state index contributed by atoms with van der Waals surface area (Å²) in [4.78, 5) is 15.1. The van der Waals surface area contributed by atoms with E-state index >= 15 is 0 Å². The topological polar surface area (TPSA) is 34.4 Å². The SMILES string of the molecule is O=Cc1ccc2cnc(C3CCC3)n2c1. The minimum Gasteiger partial charge on any atom is -0.303 e. The number of rotatable bonds is 2. The van der Waals surface area contributed by atoms with E-state index < -0.39 is 0 Å². The van der Waals surface area contributed by atoms with Crippen LogP contribution in [0, 0.1) is 0 Å². The first-order valence-electron chi connectivity index (χ1n) is 5.30. The summed E-state index contributed by atoms with van der Waals surface area (Å²) in [6.07, 6.45) is 8.39. The lowest BCUT2D eigenvalue weighted by Gasteiger charge is -2.24. The van der Waals surface area contributed by atoms with Gasteiger partial charge in [-0.1, -0.05) is 6.42 Å². The van der Waals surface area contributed by atoms with Crippen LogP contribution in [0.1, 0.15) is 41.4 Å². The molecule has 0 bridgehead atoms. The van der Waals surface area contributed by atoms with Crippen LogP contribution in [0.25, 0.3) is 5.52 Å². The highest BCUT2D eigenvalue weighted by atomic mass is 16.1. The molecule has 3 heteroatoms. The van der Waals surface area contributed by atoms with E-state index in [2.05, 4.69) is 4.98 Å². The van der Waals surface area contributed by atoms with Gasteiger partial charge in [0, 0.05) is 17.7 Å². The minimum absolute atomic E-state index is 0.592. The minimum atomic E-state index is 0.592. The Balaban J connectivity index is 2.16. The fourth-order valence-corrected chi connectivity index (χ4v) is 2.06. The fraction of sp³-hybridized carbons (Fsp3) is 0.333. The van der Waals surface area contributed by atoms with Gasteiger partial charge in [-0.3, -0.25) is 4.79 Å². The molecule has 0 atom stereocenters. The summed E-state index contributed by atoms with van der Waals surface area (Å²) in [7, 11) is 0. The number of imidazole rings is 1. The molecule has 1 aliphatic rings. The van der Waals surface area contributed by atoms with Crippen molar-refractivity contribution in [3.63, 3.8) is 0 Å². The van der Waals surface area contributed by atoms with E-state index in [1.807, 2.05) is 28.9 Å². The summed E-state index contributed by atoms with van der Waals surface area (Å²) in [6.45, 7) is 0. The molecule has 2 aromatic rings. The van der Waals surface area contributed by atoms with Gasteiger partial charge in [0.15, 0.2) is 6.29 Å². The summed E-state index contributed by atoms with van der Waals surface area (Å²) in [5, 5.41) is 0. The molecule has 1 fully saturated rings. The van der Waals surface area contributed by atoms with Crippen molar-refractivity contribution in [1.29, 1.82) is 0 Å². The van der Waals surface area contributed by atoms with Gasteiger partial charge < -0.3 is 4.40 Å².